The number of para-hydroxylation sites is 2. The summed E-state index contributed by atoms with van der Waals surface area (Å²) in [7, 11) is 0. The summed E-state index contributed by atoms with van der Waals surface area (Å²) in [5.74, 6) is 1.10. The quantitative estimate of drug-likeness (QED) is 0.645. The SMILES string of the molecule is Cc1nc(SCC(=O)N2C[C@@H]3OCC(n4cnc5ccccc54)CO[C@H]3C2)n[nH]1. The van der Waals surface area contributed by atoms with E-state index in [4.69, 9.17) is 9.47 Å². The molecule has 9 nitrogen and oxygen atoms in total. The van der Waals surface area contributed by atoms with Gasteiger partial charge in [-0.1, -0.05) is 23.9 Å². The number of thioether (sulfide) groups is 1. The number of nitrogens with zero attached hydrogens (tertiary/aromatic N) is 5. The van der Waals surface area contributed by atoms with Crippen molar-refractivity contribution in [3.8, 4) is 0 Å². The maximum atomic E-state index is 12.6. The van der Waals surface area contributed by atoms with Crippen LogP contribution in [0.3, 0.4) is 0 Å². The third kappa shape index (κ3) is 3.75. The zero-order valence-electron chi connectivity index (χ0n) is 16.0. The molecule has 5 rings (SSSR count). The number of imidazole rings is 1. The highest BCUT2D eigenvalue weighted by molar-refractivity contribution is 7.99. The average molecular weight is 414 g/mol. The lowest BCUT2D eigenvalue weighted by atomic mass is 10.2. The smallest absolute Gasteiger partial charge is 0.233 e. The van der Waals surface area contributed by atoms with E-state index in [0.29, 0.717) is 37.2 Å². The molecule has 0 saturated carbocycles. The summed E-state index contributed by atoms with van der Waals surface area (Å²) >= 11 is 1.34. The van der Waals surface area contributed by atoms with Crippen LogP contribution in [0.15, 0.2) is 35.7 Å². The van der Waals surface area contributed by atoms with Crippen molar-refractivity contribution in [2.45, 2.75) is 30.3 Å². The lowest BCUT2D eigenvalue weighted by molar-refractivity contribution is -0.128. The fraction of sp³-hybridized carbons (Fsp3) is 0.474. The zero-order valence-corrected chi connectivity index (χ0v) is 16.8. The van der Waals surface area contributed by atoms with E-state index in [0.717, 1.165) is 16.9 Å². The van der Waals surface area contributed by atoms with Gasteiger partial charge in [-0.25, -0.2) is 9.97 Å². The predicted molar refractivity (Wildman–Crippen MR) is 107 cm³/mol. The van der Waals surface area contributed by atoms with Crippen LogP contribution in [-0.4, -0.2) is 79.8 Å². The number of amides is 1. The van der Waals surface area contributed by atoms with E-state index < -0.39 is 0 Å². The summed E-state index contributed by atoms with van der Waals surface area (Å²) in [6.45, 7) is 4.01. The van der Waals surface area contributed by atoms with Gasteiger partial charge >= 0.3 is 0 Å². The van der Waals surface area contributed by atoms with Gasteiger partial charge in [-0.15, -0.1) is 5.10 Å². The Morgan fingerprint density at radius 3 is 2.72 bits per heavy atom. The fourth-order valence-corrected chi connectivity index (χ4v) is 4.57. The van der Waals surface area contributed by atoms with Crippen LogP contribution in [0.4, 0.5) is 0 Å². The monoisotopic (exact) mass is 414 g/mol. The molecule has 0 radical (unpaired) electrons. The van der Waals surface area contributed by atoms with Crippen LogP contribution in [0.2, 0.25) is 0 Å². The molecule has 0 aliphatic carbocycles. The molecule has 2 saturated heterocycles. The largest absolute Gasteiger partial charge is 0.371 e. The molecule has 2 aliphatic heterocycles. The third-order valence-corrected chi connectivity index (χ3v) is 6.18. The molecule has 1 aromatic carbocycles. The Bertz CT molecular complexity index is 1000. The van der Waals surface area contributed by atoms with E-state index in [9.17, 15) is 4.79 Å². The standard InChI is InChI=1S/C19H22N6O3S/c1-12-21-19(23-22-12)29-10-18(26)24-6-16-17(7-24)28-9-13(8-27-16)25-11-20-14-4-2-3-5-15(14)25/h2-5,11,13,16-17H,6-10H2,1H3,(H,21,22,23)/t16-,17-/m0/s1. The highest BCUT2D eigenvalue weighted by Gasteiger charge is 2.39. The fourth-order valence-electron chi connectivity index (χ4n) is 3.82. The van der Waals surface area contributed by atoms with E-state index in [1.54, 1.807) is 0 Å². The first kappa shape index (κ1) is 18.6. The molecule has 10 heteroatoms. The van der Waals surface area contributed by atoms with Gasteiger partial charge in [-0.05, 0) is 19.1 Å². The van der Waals surface area contributed by atoms with Crippen LogP contribution in [0, 0.1) is 6.92 Å². The first-order valence-corrected chi connectivity index (χ1v) is 10.6. The van der Waals surface area contributed by atoms with Crippen LogP contribution in [0.25, 0.3) is 11.0 Å². The van der Waals surface area contributed by atoms with Gasteiger partial charge < -0.3 is 18.9 Å². The number of carbonyl (C=O) groups excluding carboxylic acids is 1. The van der Waals surface area contributed by atoms with Crippen molar-refractivity contribution >= 4 is 28.7 Å². The number of H-pyrrole nitrogens is 1. The average Bonchev–Trinajstić information content (AvgIpc) is 3.43. The summed E-state index contributed by atoms with van der Waals surface area (Å²) in [5, 5.41) is 7.43. The number of likely N-dealkylation sites (tertiary alicyclic amines) is 1. The van der Waals surface area contributed by atoms with E-state index in [1.807, 2.05) is 36.4 Å². The van der Waals surface area contributed by atoms with Crippen LogP contribution in [0.5, 0.6) is 0 Å². The first-order chi connectivity index (χ1) is 14.2. The summed E-state index contributed by atoms with van der Waals surface area (Å²) in [4.78, 5) is 23.1. The molecule has 3 aromatic rings. The molecule has 0 bridgehead atoms. The minimum atomic E-state index is -0.102. The number of benzene rings is 1. The Labute approximate surface area is 171 Å². The number of fused-ring (bicyclic) bond motifs is 2. The van der Waals surface area contributed by atoms with Crippen LogP contribution in [-0.2, 0) is 14.3 Å². The molecule has 1 N–H and O–H groups in total. The number of aryl methyl sites for hydroxylation is 1. The number of nitrogens with one attached hydrogen (secondary N) is 1. The number of rotatable bonds is 4. The minimum absolute atomic E-state index is 0.0508. The van der Waals surface area contributed by atoms with Crippen molar-refractivity contribution in [2.75, 3.05) is 32.1 Å². The summed E-state index contributed by atoms with van der Waals surface area (Å²) < 4.78 is 14.4. The van der Waals surface area contributed by atoms with Crippen molar-refractivity contribution < 1.29 is 14.3 Å². The predicted octanol–water partition coefficient (Wildman–Crippen LogP) is 1.42. The van der Waals surface area contributed by atoms with Gasteiger partial charge in [0.1, 0.15) is 18.0 Å². The molecule has 29 heavy (non-hydrogen) atoms. The normalized spacial score (nSPS) is 22.7. The molecule has 2 fully saturated rings. The summed E-state index contributed by atoms with van der Waals surface area (Å²) in [6.07, 6.45) is 1.64. The molecule has 0 spiro atoms. The van der Waals surface area contributed by atoms with E-state index in [1.165, 1.54) is 11.8 Å². The maximum Gasteiger partial charge on any atom is 0.233 e. The van der Waals surface area contributed by atoms with Gasteiger partial charge in [0.2, 0.25) is 11.1 Å². The third-order valence-electron chi connectivity index (χ3n) is 5.35. The van der Waals surface area contributed by atoms with Gasteiger partial charge in [0, 0.05) is 13.1 Å². The van der Waals surface area contributed by atoms with Crippen molar-refractivity contribution in [3.05, 3.63) is 36.4 Å². The molecule has 2 atom stereocenters. The van der Waals surface area contributed by atoms with Crippen molar-refractivity contribution in [1.82, 2.24) is 29.6 Å². The van der Waals surface area contributed by atoms with E-state index >= 15 is 0 Å². The Balaban J connectivity index is 1.19. The molecule has 0 unspecified atom stereocenters. The van der Waals surface area contributed by atoms with E-state index in [2.05, 4.69) is 30.8 Å². The Morgan fingerprint density at radius 2 is 2.00 bits per heavy atom. The van der Waals surface area contributed by atoms with Crippen molar-refractivity contribution in [1.29, 1.82) is 0 Å². The molecule has 2 aliphatic rings. The minimum Gasteiger partial charge on any atom is -0.371 e. The molecule has 152 valence electrons. The van der Waals surface area contributed by atoms with Crippen LogP contribution < -0.4 is 0 Å². The summed E-state index contributed by atoms with van der Waals surface area (Å²) in [6, 6.07) is 8.12. The number of carbonyl (C=O) groups is 1. The van der Waals surface area contributed by atoms with Crippen LogP contribution in [0.1, 0.15) is 11.9 Å². The van der Waals surface area contributed by atoms with Crippen LogP contribution >= 0.6 is 11.8 Å². The molecular formula is C19H22N6O3S. The second-order valence-corrected chi connectivity index (χ2v) is 8.27. The lowest BCUT2D eigenvalue weighted by Crippen LogP contribution is -2.32. The van der Waals surface area contributed by atoms with Gasteiger partial charge in [0.25, 0.3) is 0 Å². The highest BCUT2D eigenvalue weighted by atomic mass is 32.2. The van der Waals surface area contributed by atoms with E-state index in [-0.39, 0.29) is 24.2 Å². The number of ether oxygens (including phenoxy) is 2. The van der Waals surface area contributed by atoms with Gasteiger partial charge in [0.05, 0.1) is 42.4 Å². The van der Waals surface area contributed by atoms with Gasteiger partial charge in [0.15, 0.2) is 0 Å². The zero-order chi connectivity index (χ0) is 19.8. The molecule has 1 amide bonds. The molecule has 2 aromatic heterocycles. The number of aromatic nitrogens is 5. The molecular weight excluding hydrogens is 392 g/mol. The Hall–Kier alpha value is -2.43. The Morgan fingerprint density at radius 1 is 1.24 bits per heavy atom. The number of hydrogen-bond donors (Lipinski definition) is 1. The Kier molecular flexibility index (Phi) is 4.98. The lowest BCUT2D eigenvalue weighted by Gasteiger charge is -2.19. The second-order valence-electron chi connectivity index (χ2n) is 7.33. The topological polar surface area (TPSA) is 98.2 Å². The number of hydrogen-bond acceptors (Lipinski definition) is 7. The first-order valence-electron chi connectivity index (χ1n) is 9.62. The summed E-state index contributed by atoms with van der Waals surface area (Å²) in [5.41, 5.74) is 2.04. The van der Waals surface area contributed by atoms with Gasteiger partial charge in [-0.2, -0.15) is 0 Å². The maximum absolute atomic E-state index is 12.6. The number of aromatic amines is 1. The van der Waals surface area contributed by atoms with Gasteiger partial charge in [-0.3, -0.25) is 9.89 Å². The van der Waals surface area contributed by atoms with Crippen molar-refractivity contribution in [2.24, 2.45) is 0 Å². The van der Waals surface area contributed by atoms with Crippen molar-refractivity contribution in [3.63, 3.8) is 0 Å². The second kappa shape index (κ2) is 7.77. The molecule has 4 heterocycles. The highest BCUT2D eigenvalue weighted by Crippen LogP contribution is 2.27.